The standard InChI is InChI=1S/C23H27Cl2N5O2/c1-5-12-29(14-20-26-27-23(32-20)18-8-6-7-9-19(18)24)21(31)11-10-17-16(4)28-30(22(17)25)13-15(2)3/h6-11,15H,5,12-14H2,1-4H3/b11-10+. The molecule has 0 aliphatic carbocycles. The molecular formula is C23H27Cl2N5O2. The van der Waals surface area contributed by atoms with E-state index in [1.165, 1.54) is 6.08 Å². The molecule has 0 aliphatic heterocycles. The minimum Gasteiger partial charge on any atom is -0.419 e. The molecule has 170 valence electrons. The minimum atomic E-state index is -0.170. The zero-order chi connectivity index (χ0) is 23.3. The lowest BCUT2D eigenvalue weighted by Gasteiger charge is -2.18. The summed E-state index contributed by atoms with van der Waals surface area (Å²) in [5.74, 6) is 0.908. The van der Waals surface area contributed by atoms with E-state index in [2.05, 4.69) is 29.1 Å². The highest BCUT2D eigenvalue weighted by Gasteiger charge is 2.18. The van der Waals surface area contributed by atoms with Crippen molar-refractivity contribution in [1.82, 2.24) is 24.9 Å². The van der Waals surface area contributed by atoms with E-state index in [0.29, 0.717) is 46.5 Å². The van der Waals surface area contributed by atoms with E-state index in [1.54, 1.807) is 21.7 Å². The van der Waals surface area contributed by atoms with Gasteiger partial charge in [-0.1, -0.05) is 56.1 Å². The van der Waals surface area contributed by atoms with Gasteiger partial charge in [-0.25, -0.2) is 0 Å². The van der Waals surface area contributed by atoms with Crippen LogP contribution in [-0.2, 0) is 17.9 Å². The van der Waals surface area contributed by atoms with E-state index in [1.807, 2.05) is 32.0 Å². The van der Waals surface area contributed by atoms with Crippen LogP contribution in [0.3, 0.4) is 0 Å². The van der Waals surface area contributed by atoms with Gasteiger partial charge in [-0.2, -0.15) is 5.10 Å². The van der Waals surface area contributed by atoms with Crippen LogP contribution in [0.2, 0.25) is 10.2 Å². The van der Waals surface area contributed by atoms with Gasteiger partial charge in [-0.05, 0) is 37.5 Å². The topological polar surface area (TPSA) is 77.1 Å². The van der Waals surface area contributed by atoms with Crippen molar-refractivity contribution in [3.8, 4) is 11.5 Å². The predicted octanol–water partition coefficient (Wildman–Crippen LogP) is 5.66. The molecule has 0 bridgehead atoms. The molecule has 1 aromatic carbocycles. The highest BCUT2D eigenvalue weighted by atomic mass is 35.5. The smallest absolute Gasteiger partial charge is 0.249 e. The van der Waals surface area contributed by atoms with Crippen LogP contribution >= 0.6 is 23.2 Å². The van der Waals surface area contributed by atoms with Crippen molar-refractivity contribution in [2.45, 2.75) is 47.2 Å². The molecule has 2 aromatic heterocycles. The fraction of sp³-hybridized carbons (Fsp3) is 0.391. The Morgan fingerprint density at radius 2 is 2.00 bits per heavy atom. The van der Waals surface area contributed by atoms with Crippen LogP contribution in [0.4, 0.5) is 0 Å². The Labute approximate surface area is 198 Å². The summed E-state index contributed by atoms with van der Waals surface area (Å²) < 4.78 is 7.53. The third-order valence-electron chi connectivity index (χ3n) is 4.74. The number of aryl methyl sites for hydroxylation is 1. The van der Waals surface area contributed by atoms with Crippen molar-refractivity contribution in [1.29, 1.82) is 0 Å². The van der Waals surface area contributed by atoms with Gasteiger partial charge in [0.05, 0.1) is 22.8 Å². The van der Waals surface area contributed by atoms with E-state index in [0.717, 1.165) is 17.7 Å². The van der Waals surface area contributed by atoms with Gasteiger partial charge in [0.2, 0.25) is 17.7 Å². The molecule has 0 radical (unpaired) electrons. The zero-order valence-electron chi connectivity index (χ0n) is 18.7. The van der Waals surface area contributed by atoms with E-state index in [9.17, 15) is 4.79 Å². The third-order valence-corrected chi connectivity index (χ3v) is 5.47. The summed E-state index contributed by atoms with van der Waals surface area (Å²) in [6, 6.07) is 7.24. The molecule has 0 N–H and O–H groups in total. The molecule has 0 spiro atoms. The van der Waals surface area contributed by atoms with Gasteiger partial charge in [-0.15, -0.1) is 10.2 Å². The summed E-state index contributed by atoms with van der Waals surface area (Å²) in [4.78, 5) is 14.6. The number of carbonyl (C=O) groups excluding carboxylic acids is 1. The van der Waals surface area contributed by atoms with Crippen LogP contribution in [0, 0.1) is 12.8 Å². The van der Waals surface area contributed by atoms with E-state index in [-0.39, 0.29) is 12.5 Å². The Morgan fingerprint density at radius 3 is 2.69 bits per heavy atom. The molecule has 0 fully saturated rings. The van der Waals surface area contributed by atoms with Gasteiger partial charge < -0.3 is 9.32 Å². The first-order chi connectivity index (χ1) is 15.3. The Bertz CT molecular complexity index is 1100. The first-order valence-electron chi connectivity index (χ1n) is 10.6. The molecular weight excluding hydrogens is 449 g/mol. The Morgan fingerprint density at radius 1 is 1.25 bits per heavy atom. The Hall–Kier alpha value is -2.64. The lowest BCUT2D eigenvalue weighted by molar-refractivity contribution is -0.126. The van der Waals surface area contributed by atoms with Crippen LogP contribution in [0.15, 0.2) is 34.8 Å². The maximum absolute atomic E-state index is 12.9. The van der Waals surface area contributed by atoms with Crippen molar-refractivity contribution in [2.24, 2.45) is 5.92 Å². The molecule has 0 saturated heterocycles. The van der Waals surface area contributed by atoms with Crippen molar-refractivity contribution < 1.29 is 9.21 Å². The molecule has 32 heavy (non-hydrogen) atoms. The maximum Gasteiger partial charge on any atom is 0.249 e. The van der Waals surface area contributed by atoms with E-state index >= 15 is 0 Å². The van der Waals surface area contributed by atoms with Gasteiger partial charge in [0, 0.05) is 24.7 Å². The van der Waals surface area contributed by atoms with Gasteiger partial charge in [0.15, 0.2) is 0 Å². The summed E-state index contributed by atoms with van der Waals surface area (Å²) in [5.41, 5.74) is 2.18. The summed E-state index contributed by atoms with van der Waals surface area (Å²) in [7, 11) is 0. The number of hydrogen-bond donors (Lipinski definition) is 0. The number of aromatic nitrogens is 4. The van der Waals surface area contributed by atoms with Gasteiger partial charge >= 0.3 is 0 Å². The van der Waals surface area contributed by atoms with Crippen LogP contribution in [0.1, 0.15) is 44.3 Å². The molecule has 0 atom stereocenters. The first kappa shape index (κ1) is 24.0. The lowest BCUT2D eigenvalue weighted by Crippen LogP contribution is -2.29. The van der Waals surface area contributed by atoms with Crippen LogP contribution in [-0.4, -0.2) is 37.3 Å². The van der Waals surface area contributed by atoms with Crippen LogP contribution < -0.4 is 0 Å². The summed E-state index contributed by atoms with van der Waals surface area (Å²) >= 11 is 12.7. The van der Waals surface area contributed by atoms with Gasteiger partial charge in [0.1, 0.15) is 5.15 Å². The van der Waals surface area contributed by atoms with Crippen molar-refractivity contribution in [3.63, 3.8) is 0 Å². The fourth-order valence-electron chi connectivity index (χ4n) is 3.24. The molecule has 0 unspecified atom stereocenters. The maximum atomic E-state index is 12.9. The zero-order valence-corrected chi connectivity index (χ0v) is 20.2. The molecule has 2 heterocycles. The second kappa shape index (κ2) is 10.8. The SMILES string of the molecule is CCCN(Cc1nnc(-c2ccccc2Cl)o1)C(=O)/C=C/c1c(C)nn(CC(C)C)c1Cl. The summed E-state index contributed by atoms with van der Waals surface area (Å²) in [6.45, 7) is 9.55. The highest BCUT2D eigenvalue weighted by Crippen LogP contribution is 2.26. The van der Waals surface area contributed by atoms with E-state index in [4.69, 9.17) is 27.6 Å². The van der Waals surface area contributed by atoms with Crippen LogP contribution in [0.5, 0.6) is 0 Å². The average molecular weight is 476 g/mol. The number of halogens is 2. The number of carbonyl (C=O) groups is 1. The van der Waals surface area contributed by atoms with Crippen molar-refractivity contribution >= 4 is 35.2 Å². The molecule has 7 nitrogen and oxygen atoms in total. The monoisotopic (exact) mass is 475 g/mol. The molecule has 3 rings (SSSR count). The summed E-state index contributed by atoms with van der Waals surface area (Å²) in [5, 5.41) is 13.7. The largest absolute Gasteiger partial charge is 0.419 e. The number of nitrogens with zero attached hydrogens (tertiary/aromatic N) is 5. The number of benzene rings is 1. The first-order valence-corrected chi connectivity index (χ1v) is 11.3. The average Bonchev–Trinajstić information content (AvgIpc) is 3.30. The molecule has 0 aliphatic rings. The van der Waals surface area contributed by atoms with Crippen LogP contribution in [0.25, 0.3) is 17.5 Å². The Kier molecular flexibility index (Phi) is 8.10. The molecule has 9 heteroatoms. The van der Waals surface area contributed by atoms with Crippen molar-refractivity contribution in [3.05, 3.63) is 57.7 Å². The second-order valence-corrected chi connectivity index (χ2v) is 8.70. The van der Waals surface area contributed by atoms with Crippen molar-refractivity contribution in [2.75, 3.05) is 6.54 Å². The normalized spacial score (nSPS) is 11.6. The Balaban J connectivity index is 1.75. The van der Waals surface area contributed by atoms with Gasteiger partial charge in [-0.3, -0.25) is 9.48 Å². The number of hydrogen-bond acceptors (Lipinski definition) is 5. The quantitative estimate of drug-likeness (QED) is 0.373. The molecule has 0 saturated carbocycles. The molecule has 3 aromatic rings. The predicted molar refractivity (Wildman–Crippen MR) is 126 cm³/mol. The number of amides is 1. The highest BCUT2D eigenvalue weighted by molar-refractivity contribution is 6.33. The lowest BCUT2D eigenvalue weighted by atomic mass is 10.2. The fourth-order valence-corrected chi connectivity index (χ4v) is 3.77. The van der Waals surface area contributed by atoms with E-state index < -0.39 is 0 Å². The van der Waals surface area contributed by atoms with Gasteiger partial charge in [0.25, 0.3) is 0 Å². The third kappa shape index (κ3) is 5.78. The summed E-state index contributed by atoms with van der Waals surface area (Å²) in [6.07, 6.45) is 4.02. The minimum absolute atomic E-state index is 0.170. The second-order valence-electron chi connectivity index (χ2n) is 7.94. The molecule has 1 amide bonds. The number of rotatable bonds is 9.